The van der Waals surface area contributed by atoms with Crippen LogP contribution in [-0.4, -0.2) is 39.3 Å². The minimum Gasteiger partial charge on any atom is -0.370 e. The van der Waals surface area contributed by atoms with E-state index in [1.165, 1.54) is 23.3 Å². The predicted molar refractivity (Wildman–Crippen MR) is 98.7 cm³/mol. The van der Waals surface area contributed by atoms with Crippen LogP contribution in [0.15, 0.2) is 51.7 Å². The van der Waals surface area contributed by atoms with Crippen LogP contribution >= 0.6 is 11.3 Å². The van der Waals surface area contributed by atoms with Gasteiger partial charge in [-0.1, -0.05) is 24.3 Å². The second kappa shape index (κ2) is 8.27. The molecule has 0 radical (unpaired) electrons. The first-order chi connectivity index (χ1) is 11.4. The molecule has 130 valence electrons. The van der Waals surface area contributed by atoms with E-state index < -0.39 is 10.0 Å². The van der Waals surface area contributed by atoms with Crippen LogP contribution in [0.1, 0.15) is 10.4 Å². The number of aliphatic imine (C=N–C) groups is 1. The summed E-state index contributed by atoms with van der Waals surface area (Å²) in [6, 6.07) is 10.9. The molecular weight excluding hydrogens is 344 g/mol. The van der Waals surface area contributed by atoms with Crippen molar-refractivity contribution in [2.24, 2.45) is 10.7 Å². The lowest BCUT2D eigenvalue weighted by Gasteiger charge is -2.14. The number of thiophene rings is 1. The lowest BCUT2D eigenvalue weighted by Crippen LogP contribution is -2.33. The third kappa shape index (κ3) is 4.80. The molecule has 0 aliphatic rings. The van der Waals surface area contributed by atoms with Crippen LogP contribution in [0.2, 0.25) is 0 Å². The smallest absolute Gasteiger partial charge is 0.242 e. The standard InChI is InChI=1S/C16H22N4O2S2/c1-20(2)24(21,22)15-8-4-3-6-13(15)12-19-16(17)18-10-9-14-7-5-11-23-14/h3-8,11H,9-10,12H2,1-2H3,(H3,17,18,19). The van der Waals surface area contributed by atoms with Crippen LogP contribution in [0.5, 0.6) is 0 Å². The number of hydrogen-bond donors (Lipinski definition) is 2. The molecule has 0 aliphatic carbocycles. The van der Waals surface area contributed by atoms with Gasteiger partial charge in [0.25, 0.3) is 0 Å². The average molecular weight is 367 g/mol. The van der Waals surface area contributed by atoms with Gasteiger partial charge in [-0.05, 0) is 29.5 Å². The monoisotopic (exact) mass is 366 g/mol. The fourth-order valence-corrected chi connectivity index (χ4v) is 3.89. The molecule has 0 saturated carbocycles. The highest BCUT2D eigenvalue weighted by Gasteiger charge is 2.20. The largest absolute Gasteiger partial charge is 0.370 e. The van der Waals surface area contributed by atoms with E-state index in [1.54, 1.807) is 35.6 Å². The Morgan fingerprint density at radius 2 is 2.00 bits per heavy atom. The molecule has 24 heavy (non-hydrogen) atoms. The molecule has 0 bridgehead atoms. The van der Waals surface area contributed by atoms with Gasteiger partial charge < -0.3 is 11.1 Å². The van der Waals surface area contributed by atoms with Crippen LogP contribution in [-0.2, 0) is 23.0 Å². The van der Waals surface area contributed by atoms with Crippen molar-refractivity contribution in [3.63, 3.8) is 0 Å². The molecule has 0 aliphatic heterocycles. The average Bonchev–Trinajstić information content (AvgIpc) is 3.06. The molecule has 1 heterocycles. The van der Waals surface area contributed by atoms with Gasteiger partial charge in [-0.25, -0.2) is 17.7 Å². The van der Waals surface area contributed by atoms with Crippen molar-refractivity contribution in [2.75, 3.05) is 20.6 Å². The Labute approximate surface area is 147 Å². The maximum absolute atomic E-state index is 12.3. The van der Waals surface area contributed by atoms with Gasteiger partial charge in [0, 0.05) is 25.5 Å². The van der Waals surface area contributed by atoms with Crippen molar-refractivity contribution < 1.29 is 8.42 Å². The molecule has 0 fully saturated rings. The summed E-state index contributed by atoms with van der Waals surface area (Å²) in [7, 11) is -0.478. The van der Waals surface area contributed by atoms with Crippen molar-refractivity contribution in [3.8, 4) is 0 Å². The van der Waals surface area contributed by atoms with E-state index >= 15 is 0 Å². The van der Waals surface area contributed by atoms with E-state index in [4.69, 9.17) is 5.73 Å². The van der Waals surface area contributed by atoms with Gasteiger partial charge in [0.1, 0.15) is 0 Å². The van der Waals surface area contributed by atoms with Gasteiger partial charge in [-0.2, -0.15) is 0 Å². The summed E-state index contributed by atoms with van der Waals surface area (Å²) < 4.78 is 25.9. The summed E-state index contributed by atoms with van der Waals surface area (Å²) in [4.78, 5) is 5.78. The Bertz CT molecular complexity index is 784. The molecule has 2 rings (SSSR count). The zero-order valence-corrected chi connectivity index (χ0v) is 15.4. The molecule has 0 saturated heterocycles. The Balaban J connectivity index is 2.00. The normalized spacial score (nSPS) is 12.5. The fourth-order valence-electron chi connectivity index (χ4n) is 2.08. The van der Waals surface area contributed by atoms with Crippen LogP contribution < -0.4 is 11.1 Å². The molecule has 6 nitrogen and oxygen atoms in total. The molecule has 3 N–H and O–H groups in total. The first kappa shape index (κ1) is 18.4. The molecule has 0 amide bonds. The van der Waals surface area contributed by atoms with Crippen molar-refractivity contribution in [2.45, 2.75) is 17.9 Å². The topological polar surface area (TPSA) is 87.8 Å². The second-order valence-corrected chi connectivity index (χ2v) is 8.51. The second-order valence-electron chi connectivity index (χ2n) is 5.35. The number of nitrogens with two attached hydrogens (primary N) is 1. The highest BCUT2D eigenvalue weighted by atomic mass is 32.2. The molecule has 0 atom stereocenters. The quantitative estimate of drug-likeness (QED) is 0.576. The van der Waals surface area contributed by atoms with E-state index in [0.717, 1.165) is 6.42 Å². The van der Waals surface area contributed by atoms with Crippen LogP contribution in [0.25, 0.3) is 0 Å². The Hall–Kier alpha value is -1.90. The van der Waals surface area contributed by atoms with Crippen molar-refractivity contribution in [1.82, 2.24) is 9.62 Å². The predicted octanol–water partition coefficient (Wildman–Crippen LogP) is 1.65. The Morgan fingerprint density at radius 1 is 1.25 bits per heavy atom. The summed E-state index contributed by atoms with van der Waals surface area (Å²) in [5, 5.41) is 5.08. The first-order valence-electron chi connectivity index (χ1n) is 7.48. The molecule has 1 aromatic carbocycles. The summed E-state index contributed by atoms with van der Waals surface area (Å²) in [6.07, 6.45) is 0.874. The third-order valence-electron chi connectivity index (χ3n) is 3.41. The number of guanidine groups is 1. The number of hydrogen-bond acceptors (Lipinski definition) is 4. The van der Waals surface area contributed by atoms with Gasteiger partial charge in [0.15, 0.2) is 5.96 Å². The molecule has 8 heteroatoms. The molecule has 0 unspecified atom stereocenters. The van der Waals surface area contributed by atoms with Crippen LogP contribution in [0, 0.1) is 0 Å². The van der Waals surface area contributed by atoms with Crippen molar-refractivity contribution in [3.05, 3.63) is 52.2 Å². The minimum atomic E-state index is -3.50. The van der Waals surface area contributed by atoms with Crippen LogP contribution in [0.3, 0.4) is 0 Å². The van der Waals surface area contributed by atoms with Gasteiger partial charge in [-0.15, -0.1) is 11.3 Å². The molecule has 1 aromatic heterocycles. The first-order valence-corrected chi connectivity index (χ1v) is 9.80. The van der Waals surface area contributed by atoms with E-state index in [2.05, 4.69) is 16.4 Å². The SMILES string of the molecule is CN(C)S(=O)(=O)c1ccccc1CN=C(N)NCCc1cccs1. The third-order valence-corrected chi connectivity index (χ3v) is 6.26. The Morgan fingerprint density at radius 3 is 2.67 bits per heavy atom. The zero-order chi connectivity index (χ0) is 17.6. The number of rotatable bonds is 7. The van der Waals surface area contributed by atoms with Gasteiger partial charge >= 0.3 is 0 Å². The maximum atomic E-state index is 12.3. The van der Waals surface area contributed by atoms with Gasteiger partial charge in [0.05, 0.1) is 11.4 Å². The van der Waals surface area contributed by atoms with Crippen molar-refractivity contribution >= 4 is 27.3 Å². The molecule has 2 aromatic rings. The van der Waals surface area contributed by atoms with Crippen LogP contribution in [0.4, 0.5) is 0 Å². The van der Waals surface area contributed by atoms with E-state index in [0.29, 0.717) is 18.1 Å². The highest BCUT2D eigenvalue weighted by Crippen LogP contribution is 2.19. The van der Waals surface area contributed by atoms with Gasteiger partial charge in [-0.3, -0.25) is 0 Å². The number of benzene rings is 1. The van der Waals surface area contributed by atoms with E-state index in [1.807, 2.05) is 11.4 Å². The van der Waals surface area contributed by atoms with Crippen molar-refractivity contribution in [1.29, 1.82) is 0 Å². The summed E-state index contributed by atoms with van der Waals surface area (Å²) in [5.41, 5.74) is 6.48. The Kier molecular flexibility index (Phi) is 6.36. The summed E-state index contributed by atoms with van der Waals surface area (Å²) in [6.45, 7) is 0.897. The lowest BCUT2D eigenvalue weighted by atomic mass is 10.2. The highest BCUT2D eigenvalue weighted by molar-refractivity contribution is 7.89. The maximum Gasteiger partial charge on any atom is 0.242 e. The fraction of sp³-hybridized carbons (Fsp3) is 0.312. The number of sulfonamides is 1. The number of nitrogens with zero attached hydrogens (tertiary/aromatic N) is 2. The lowest BCUT2D eigenvalue weighted by molar-refractivity contribution is 0.519. The zero-order valence-electron chi connectivity index (χ0n) is 13.8. The van der Waals surface area contributed by atoms with E-state index in [9.17, 15) is 8.42 Å². The molecule has 0 spiro atoms. The molecular formula is C16H22N4O2S2. The van der Waals surface area contributed by atoms with Gasteiger partial charge in [0.2, 0.25) is 10.0 Å². The number of nitrogens with one attached hydrogen (secondary N) is 1. The summed E-state index contributed by atoms with van der Waals surface area (Å²) in [5.74, 6) is 0.309. The van der Waals surface area contributed by atoms with E-state index in [-0.39, 0.29) is 11.4 Å². The summed E-state index contributed by atoms with van der Waals surface area (Å²) >= 11 is 1.70. The minimum absolute atomic E-state index is 0.209.